The van der Waals surface area contributed by atoms with Crippen molar-refractivity contribution >= 4 is 23.3 Å². The first kappa shape index (κ1) is 19.1. The molecule has 8 nitrogen and oxygen atoms in total. The number of benzene rings is 1. The second-order valence-electron chi connectivity index (χ2n) is 6.15. The molecule has 0 aliphatic rings. The molecule has 1 atom stereocenters. The van der Waals surface area contributed by atoms with Crippen LogP contribution in [0.3, 0.4) is 0 Å². The van der Waals surface area contributed by atoms with Gasteiger partial charge in [-0.15, -0.1) is 0 Å². The standard InChI is InChI=1S/C18H20N4O4/c1-12-7-13(5-6-15(12)19-3)8-16(23)18(2,25)11-22-10-14(9-20-22)21-17(24)26-4/h5-7,9-10,25H,8,11H2,1-2,4H3,(H,21,24)/t18-/m0/s1. The molecule has 0 saturated heterocycles. The fourth-order valence-electron chi connectivity index (χ4n) is 2.42. The highest BCUT2D eigenvalue weighted by Crippen LogP contribution is 2.21. The maximum Gasteiger partial charge on any atom is 0.411 e. The Hall–Kier alpha value is -3.18. The van der Waals surface area contributed by atoms with E-state index < -0.39 is 11.7 Å². The van der Waals surface area contributed by atoms with Crippen molar-refractivity contribution in [3.8, 4) is 0 Å². The van der Waals surface area contributed by atoms with Crippen LogP contribution in [0.4, 0.5) is 16.2 Å². The second kappa shape index (κ2) is 7.80. The summed E-state index contributed by atoms with van der Waals surface area (Å²) in [7, 11) is 1.25. The highest BCUT2D eigenvalue weighted by atomic mass is 16.5. The number of methoxy groups -OCH3 is 1. The summed E-state index contributed by atoms with van der Waals surface area (Å²) < 4.78 is 5.86. The molecule has 8 heteroatoms. The minimum Gasteiger partial charge on any atom is -0.453 e. The Kier molecular flexibility index (Phi) is 5.75. The van der Waals surface area contributed by atoms with Crippen LogP contribution in [0, 0.1) is 13.5 Å². The Morgan fingerprint density at radius 3 is 2.81 bits per heavy atom. The fraction of sp³-hybridized carbons (Fsp3) is 0.333. The van der Waals surface area contributed by atoms with Crippen LogP contribution < -0.4 is 5.32 Å². The molecule has 2 N–H and O–H groups in total. The molecule has 1 aromatic carbocycles. The lowest BCUT2D eigenvalue weighted by molar-refractivity contribution is -0.136. The first-order chi connectivity index (χ1) is 12.2. The average Bonchev–Trinajstić information content (AvgIpc) is 3.01. The lowest BCUT2D eigenvalue weighted by Gasteiger charge is -2.22. The number of ether oxygens (including phenoxy) is 1. The quantitative estimate of drug-likeness (QED) is 0.775. The molecule has 1 heterocycles. The van der Waals surface area contributed by atoms with Gasteiger partial charge in [0.2, 0.25) is 0 Å². The summed E-state index contributed by atoms with van der Waals surface area (Å²) in [5.41, 5.74) is 0.811. The zero-order valence-electron chi connectivity index (χ0n) is 14.8. The van der Waals surface area contributed by atoms with Gasteiger partial charge in [-0.2, -0.15) is 5.10 Å². The Bertz CT molecular complexity index is 864. The molecule has 0 radical (unpaired) electrons. The number of nitrogens with zero attached hydrogens (tertiary/aromatic N) is 3. The molecule has 0 aliphatic heterocycles. The Balaban J connectivity index is 2.05. The van der Waals surface area contributed by atoms with Crippen molar-refractivity contribution in [2.75, 3.05) is 12.4 Å². The summed E-state index contributed by atoms with van der Waals surface area (Å²) in [6.07, 6.45) is 2.29. The number of aromatic nitrogens is 2. The van der Waals surface area contributed by atoms with Gasteiger partial charge in [-0.25, -0.2) is 9.64 Å². The van der Waals surface area contributed by atoms with E-state index in [4.69, 9.17) is 6.57 Å². The van der Waals surface area contributed by atoms with Crippen molar-refractivity contribution in [3.63, 3.8) is 0 Å². The molecule has 1 aromatic heterocycles. The van der Waals surface area contributed by atoms with Crippen molar-refractivity contribution in [2.45, 2.75) is 32.4 Å². The number of aryl methyl sites for hydroxylation is 1. The van der Waals surface area contributed by atoms with E-state index in [1.54, 1.807) is 25.1 Å². The van der Waals surface area contributed by atoms with E-state index in [9.17, 15) is 14.7 Å². The molecule has 0 bridgehead atoms. The molecule has 0 spiro atoms. The molecule has 136 valence electrons. The number of nitrogens with one attached hydrogen (secondary N) is 1. The Labute approximate surface area is 151 Å². The predicted octanol–water partition coefficient (Wildman–Crippen LogP) is 2.48. The van der Waals surface area contributed by atoms with Crippen LogP contribution >= 0.6 is 0 Å². The summed E-state index contributed by atoms with van der Waals surface area (Å²) >= 11 is 0. The number of aliphatic hydroxyl groups is 1. The van der Waals surface area contributed by atoms with E-state index in [0.29, 0.717) is 11.4 Å². The molecule has 26 heavy (non-hydrogen) atoms. The topological polar surface area (TPSA) is 97.8 Å². The third-order valence-electron chi connectivity index (χ3n) is 3.88. The highest BCUT2D eigenvalue weighted by Gasteiger charge is 2.31. The lowest BCUT2D eigenvalue weighted by atomic mass is 9.94. The van der Waals surface area contributed by atoms with Crippen molar-refractivity contribution in [1.29, 1.82) is 0 Å². The van der Waals surface area contributed by atoms with E-state index in [2.05, 4.69) is 20.0 Å². The number of amides is 1. The Morgan fingerprint density at radius 2 is 2.19 bits per heavy atom. The van der Waals surface area contributed by atoms with Gasteiger partial charge in [-0.1, -0.05) is 18.2 Å². The summed E-state index contributed by atoms with van der Waals surface area (Å²) in [6, 6.07) is 5.15. The minimum atomic E-state index is -1.64. The van der Waals surface area contributed by atoms with Crippen LogP contribution in [0.2, 0.25) is 0 Å². The van der Waals surface area contributed by atoms with Gasteiger partial charge in [0.1, 0.15) is 5.60 Å². The van der Waals surface area contributed by atoms with Gasteiger partial charge >= 0.3 is 6.09 Å². The maximum absolute atomic E-state index is 12.5. The molecular weight excluding hydrogens is 336 g/mol. The van der Waals surface area contributed by atoms with Crippen molar-refractivity contribution in [3.05, 3.63) is 53.1 Å². The monoisotopic (exact) mass is 356 g/mol. The zero-order chi connectivity index (χ0) is 19.3. The number of anilines is 1. The number of hydrogen-bond donors (Lipinski definition) is 2. The number of carbonyl (C=O) groups is 2. The molecule has 0 fully saturated rings. The highest BCUT2D eigenvalue weighted by molar-refractivity contribution is 5.88. The first-order valence-corrected chi connectivity index (χ1v) is 7.85. The number of Topliss-reactive ketones (excluding diaryl/α,β-unsaturated/α-hetero) is 1. The van der Waals surface area contributed by atoms with E-state index in [1.165, 1.54) is 31.1 Å². The van der Waals surface area contributed by atoms with Crippen molar-refractivity contribution in [1.82, 2.24) is 9.78 Å². The van der Waals surface area contributed by atoms with E-state index in [0.717, 1.165) is 11.1 Å². The summed E-state index contributed by atoms with van der Waals surface area (Å²) in [5.74, 6) is -0.370. The van der Waals surface area contributed by atoms with Gasteiger partial charge in [0.05, 0.1) is 32.1 Å². The van der Waals surface area contributed by atoms with Crippen LogP contribution in [0.15, 0.2) is 30.6 Å². The number of rotatable bonds is 6. The molecule has 0 saturated carbocycles. The zero-order valence-corrected chi connectivity index (χ0v) is 14.8. The van der Waals surface area contributed by atoms with E-state index >= 15 is 0 Å². The molecular formula is C18H20N4O4. The first-order valence-electron chi connectivity index (χ1n) is 7.85. The van der Waals surface area contributed by atoms with Crippen LogP contribution in [-0.4, -0.2) is 39.5 Å². The Morgan fingerprint density at radius 1 is 1.46 bits per heavy atom. The van der Waals surface area contributed by atoms with Gasteiger partial charge in [0.25, 0.3) is 0 Å². The predicted molar refractivity (Wildman–Crippen MR) is 95.0 cm³/mol. The van der Waals surface area contributed by atoms with Crippen LogP contribution in [0.25, 0.3) is 4.85 Å². The average molecular weight is 356 g/mol. The van der Waals surface area contributed by atoms with E-state index in [1.807, 2.05) is 0 Å². The maximum atomic E-state index is 12.5. The summed E-state index contributed by atoms with van der Waals surface area (Å²) in [6.45, 7) is 10.2. The molecule has 1 amide bonds. The fourth-order valence-corrected chi connectivity index (χ4v) is 2.42. The third-order valence-corrected chi connectivity index (χ3v) is 3.88. The van der Waals surface area contributed by atoms with Gasteiger partial charge in [-0.3, -0.25) is 14.8 Å². The number of carbonyl (C=O) groups excluding carboxylic acids is 2. The van der Waals surface area contributed by atoms with Crippen LogP contribution in [0.5, 0.6) is 0 Å². The normalized spacial score (nSPS) is 12.7. The molecule has 2 rings (SSSR count). The van der Waals surface area contributed by atoms with Crippen LogP contribution in [-0.2, 0) is 22.5 Å². The van der Waals surface area contributed by atoms with Gasteiger partial charge in [-0.05, 0) is 25.0 Å². The number of ketones is 1. The molecule has 2 aromatic rings. The summed E-state index contributed by atoms with van der Waals surface area (Å²) in [4.78, 5) is 27.1. The van der Waals surface area contributed by atoms with Gasteiger partial charge in [0, 0.05) is 12.6 Å². The minimum absolute atomic E-state index is 0.0423. The smallest absolute Gasteiger partial charge is 0.411 e. The second-order valence-corrected chi connectivity index (χ2v) is 6.15. The van der Waals surface area contributed by atoms with Crippen molar-refractivity contribution in [2.24, 2.45) is 0 Å². The third kappa shape index (κ3) is 4.68. The lowest BCUT2D eigenvalue weighted by Crippen LogP contribution is -2.40. The van der Waals surface area contributed by atoms with E-state index in [-0.39, 0.29) is 18.7 Å². The molecule has 0 aliphatic carbocycles. The largest absolute Gasteiger partial charge is 0.453 e. The van der Waals surface area contributed by atoms with Crippen molar-refractivity contribution < 1.29 is 19.4 Å². The van der Waals surface area contributed by atoms with Crippen LogP contribution in [0.1, 0.15) is 18.1 Å². The number of hydrogen-bond acceptors (Lipinski definition) is 5. The van der Waals surface area contributed by atoms with Gasteiger partial charge in [0.15, 0.2) is 11.5 Å². The van der Waals surface area contributed by atoms with Gasteiger partial charge < -0.3 is 9.84 Å². The molecule has 0 unspecified atom stereocenters. The summed E-state index contributed by atoms with van der Waals surface area (Å²) in [5, 5.41) is 17.0. The SMILES string of the molecule is [C-]#[N+]c1ccc(CC(=O)[C@@](C)(O)Cn2cc(NC(=O)OC)cn2)cc1C.